The third-order valence-electron chi connectivity index (χ3n) is 2.25. The number of aryl methyl sites for hydroxylation is 1. The van der Waals surface area contributed by atoms with E-state index in [1.165, 1.54) is 6.20 Å². The number of aliphatic hydroxyl groups excluding tert-OH is 1. The first-order valence-electron chi connectivity index (χ1n) is 5.07. The minimum Gasteiger partial charge on any atom is -0.396 e. The predicted octanol–water partition coefficient (Wildman–Crippen LogP) is 0.609. The van der Waals surface area contributed by atoms with E-state index in [2.05, 4.69) is 15.5 Å². The second kappa shape index (κ2) is 5.50. The summed E-state index contributed by atoms with van der Waals surface area (Å²) in [4.78, 5) is 11.7. The molecule has 1 rings (SSSR count). The summed E-state index contributed by atoms with van der Waals surface area (Å²) >= 11 is 0. The molecule has 5 heteroatoms. The maximum atomic E-state index is 11.7. The Morgan fingerprint density at radius 2 is 2.47 bits per heavy atom. The molecular formula is C10H17N3O2. The van der Waals surface area contributed by atoms with Crippen LogP contribution in [0.25, 0.3) is 0 Å². The van der Waals surface area contributed by atoms with Crippen molar-refractivity contribution in [2.45, 2.75) is 32.7 Å². The van der Waals surface area contributed by atoms with Crippen molar-refractivity contribution in [1.29, 1.82) is 0 Å². The topological polar surface area (TPSA) is 78.0 Å². The van der Waals surface area contributed by atoms with Crippen molar-refractivity contribution in [3.63, 3.8) is 0 Å². The number of carbonyl (C=O) groups excluding carboxylic acids is 1. The summed E-state index contributed by atoms with van der Waals surface area (Å²) in [5.74, 6) is -0.119. The molecule has 0 aliphatic heterocycles. The highest BCUT2D eigenvalue weighted by molar-refractivity contribution is 5.95. The quantitative estimate of drug-likeness (QED) is 0.667. The third kappa shape index (κ3) is 3.36. The number of aromatic amines is 1. The highest BCUT2D eigenvalue weighted by atomic mass is 16.2. The number of nitrogens with one attached hydrogen (secondary N) is 2. The van der Waals surface area contributed by atoms with E-state index in [0.717, 1.165) is 12.1 Å². The maximum Gasteiger partial charge on any atom is 0.254 e. The fourth-order valence-corrected chi connectivity index (χ4v) is 1.35. The minimum atomic E-state index is -0.119. The van der Waals surface area contributed by atoms with E-state index < -0.39 is 0 Å². The lowest BCUT2D eigenvalue weighted by Gasteiger charge is -2.12. The van der Waals surface area contributed by atoms with Gasteiger partial charge in [-0.25, -0.2) is 0 Å². The Kier molecular flexibility index (Phi) is 4.30. The summed E-state index contributed by atoms with van der Waals surface area (Å²) in [6.45, 7) is 3.88. The van der Waals surface area contributed by atoms with Crippen molar-refractivity contribution in [2.75, 3.05) is 6.61 Å². The fraction of sp³-hybridized carbons (Fsp3) is 0.600. The normalized spacial score (nSPS) is 12.5. The van der Waals surface area contributed by atoms with Gasteiger partial charge in [0.2, 0.25) is 0 Å². The summed E-state index contributed by atoms with van der Waals surface area (Å²) in [7, 11) is 0. The molecule has 0 fully saturated rings. The smallest absolute Gasteiger partial charge is 0.254 e. The van der Waals surface area contributed by atoms with Crippen LogP contribution in [-0.2, 0) is 0 Å². The molecule has 3 N–H and O–H groups in total. The molecule has 0 saturated carbocycles. The summed E-state index contributed by atoms with van der Waals surface area (Å²) in [6.07, 6.45) is 2.99. The van der Waals surface area contributed by atoms with Gasteiger partial charge in [-0.15, -0.1) is 0 Å². The van der Waals surface area contributed by atoms with E-state index in [4.69, 9.17) is 5.11 Å². The highest BCUT2D eigenvalue weighted by Gasteiger charge is 2.12. The van der Waals surface area contributed by atoms with Crippen molar-refractivity contribution < 1.29 is 9.90 Å². The average Bonchev–Trinajstić information content (AvgIpc) is 2.61. The van der Waals surface area contributed by atoms with Crippen molar-refractivity contribution in [3.8, 4) is 0 Å². The summed E-state index contributed by atoms with van der Waals surface area (Å²) in [6, 6.07) is 0.0685. The van der Waals surface area contributed by atoms with Crippen molar-refractivity contribution in [2.24, 2.45) is 0 Å². The van der Waals surface area contributed by atoms with E-state index in [1.807, 2.05) is 6.92 Å². The molecule has 0 aliphatic rings. The molecule has 0 aliphatic carbocycles. The highest BCUT2D eigenvalue weighted by Crippen LogP contribution is 2.04. The molecule has 84 valence electrons. The largest absolute Gasteiger partial charge is 0.396 e. The van der Waals surface area contributed by atoms with Gasteiger partial charge in [0, 0.05) is 18.3 Å². The molecule has 1 unspecified atom stereocenters. The van der Waals surface area contributed by atoms with Gasteiger partial charge in [-0.05, 0) is 26.7 Å². The van der Waals surface area contributed by atoms with Gasteiger partial charge in [0.05, 0.1) is 11.8 Å². The summed E-state index contributed by atoms with van der Waals surface area (Å²) in [5, 5.41) is 18.0. The zero-order valence-electron chi connectivity index (χ0n) is 9.08. The Bertz CT molecular complexity index is 322. The number of aliphatic hydroxyl groups is 1. The van der Waals surface area contributed by atoms with Crippen LogP contribution in [0.1, 0.15) is 35.8 Å². The fourth-order valence-electron chi connectivity index (χ4n) is 1.35. The molecule has 15 heavy (non-hydrogen) atoms. The van der Waals surface area contributed by atoms with Crippen LogP contribution in [0.2, 0.25) is 0 Å². The van der Waals surface area contributed by atoms with Gasteiger partial charge in [-0.1, -0.05) is 0 Å². The first-order chi connectivity index (χ1) is 7.15. The molecule has 1 atom stereocenters. The standard InChI is InChI=1S/C10H17N3O2/c1-7(4-3-5-14)12-10(15)9-6-11-13-8(9)2/h6-7,14H,3-5H2,1-2H3,(H,11,13)(H,12,15). The molecule has 1 aromatic heterocycles. The minimum absolute atomic E-state index is 0.0685. The Labute approximate surface area is 88.9 Å². The second-order valence-corrected chi connectivity index (χ2v) is 3.65. The number of hydrogen-bond acceptors (Lipinski definition) is 3. The lowest BCUT2D eigenvalue weighted by molar-refractivity contribution is 0.0936. The lowest BCUT2D eigenvalue weighted by atomic mass is 10.1. The van der Waals surface area contributed by atoms with Gasteiger partial charge < -0.3 is 10.4 Å². The molecular weight excluding hydrogens is 194 g/mol. The van der Waals surface area contributed by atoms with Gasteiger partial charge >= 0.3 is 0 Å². The Balaban J connectivity index is 2.46. The second-order valence-electron chi connectivity index (χ2n) is 3.65. The van der Waals surface area contributed by atoms with Gasteiger partial charge in [-0.2, -0.15) is 5.10 Å². The third-order valence-corrected chi connectivity index (χ3v) is 2.25. The molecule has 5 nitrogen and oxygen atoms in total. The number of carbonyl (C=O) groups is 1. The van der Waals surface area contributed by atoms with Crippen LogP contribution >= 0.6 is 0 Å². The monoisotopic (exact) mass is 211 g/mol. The van der Waals surface area contributed by atoms with Gasteiger partial charge in [0.25, 0.3) is 5.91 Å². The maximum absolute atomic E-state index is 11.7. The van der Waals surface area contributed by atoms with E-state index >= 15 is 0 Å². The van der Waals surface area contributed by atoms with Crippen molar-refractivity contribution in [3.05, 3.63) is 17.5 Å². The number of amides is 1. The van der Waals surface area contributed by atoms with Crippen LogP contribution in [0.4, 0.5) is 0 Å². The first-order valence-corrected chi connectivity index (χ1v) is 5.07. The molecule has 0 aromatic carbocycles. The molecule has 1 heterocycles. The Morgan fingerprint density at radius 1 is 1.73 bits per heavy atom. The van der Waals surface area contributed by atoms with Gasteiger partial charge in [0.1, 0.15) is 0 Å². The lowest BCUT2D eigenvalue weighted by Crippen LogP contribution is -2.32. The Morgan fingerprint density at radius 3 is 3.00 bits per heavy atom. The van der Waals surface area contributed by atoms with Crippen LogP contribution in [0.3, 0.4) is 0 Å². The van der Waals surface area contributed by atoms with Crippen LogP contribution in [0.5, 0.6) is 0 Å². The first kappa shape index (κ1) is 11.7. The number of aromatic nitrogens is 2. The zero-order chi connectivity index (χ0) is 11.3. The molecule has 0 radical (unpaired) electrons. The Hall–Kier alpha value is -1.36. The number of hydrogen-bond donors (Lipinski definition) is 3. The summed E-state index contributed by atoms with van der Waals surface area (Å²) in [5.41, 5.74) is 1.34. The number of nitrogens with zero attached hydrogens (tertiary/aromatic N) is 1. The number of rotatable bonds is 5. The van der Waals surface area contributed by atoms with Crippen LogP contribution < -0.4 is 5.32 Å². The average molecular weight is 211 g/mol. The molecule has 1 aromatic rings. The molecule has 1 amide bonds. The molecule has 0 saturated heterocycles. The van der Waals surface area contributed by atoms with E-state index in [9.17, 15) is 4.79 Å². The predicted molar refractivity (Wildman–Crippen MR) is 56.6 cm³/mol. The number of H-pyrrole nitrogens is 1. The van der Waals surface area contributed by atoms with Crippen LogP contribution in [0.15, 0.2) is 6.20 Å². The van der Waals surface area contributed by atoms with E-state index in [1.54, 1.807) is 6.92 Å². The van der Waals surface area contributed by atoms with Gasteiger partial charge in [-0.3, -0.25) is 9.89 Å². The molecule has 0 spiro atoms. The zero-order valence-corrected chi connectivity index (χ0v) is 9.08. The van der Waals surface area contributed by atoms with Gasteiger partial charge in [0.15, 0.2) is 0 Å². The molecule has 0 bridgehead atoms. The van der Waals surface area contributed by atoms with E-state index in [0.29, 0.717) is 12.0 Å². The SMILES string of the molecule is Cc1[nH]ncc1C(=O)NC(C)CCCO. The van der Waals surface area contributed by atoms with E-state index in [-0.39, 0.29) is 18.6 Å². The van der Waals surface area contributed by atoms with Crippen molar-refractivity contribution in [1.82, 2.24) is 15.5 Å². The summed E-state index contributed by atoms with van der Waals surface area (Å²) < 4.78 is 0. The van der Waals surface area contributed by atoms with Crippen molar-refractivity contribution >= 4 is 5.91 Å². The van der Waals surface area contributed by atoms with Crippen LogP contribution in [-0.4, -0.2) is 33.9 Å². The van der Waals surface area contributed by atoms with Crippen LogP contribution in [0, 0.1) is 6.92 Å².